The number of ether oxygens (including phenoxy) is 1. The van der Waals surface area contributed by atoms with Crippen LogP contribution in [-0.4, -0.2) is 36.7 Å². The summed E-state index contributed by atoms with van der Waals surface area (Å²) in [6.07, 6.45) is 3.50. The first-order valence-corrected chi connectivity index (χ1v) is 7.59. The fourth-order valence-corrected chi connectivity index (χ4v) is 2.56. The van der Waals surface area contributed by atoms with Gasteiger partial charge in [0.15, 0.2) is 0 Å². The second kappa shape index (κ2) is 7.05. The summed E-state index contributed by atoms with van der Waals surface area (Å²) in [5, 5.41) is 3.35. The molecule has 19 heavy (non-hydrogen) atoms. The van der Waals surface area contributed by atoms with E-state index in [1.54, 1.807) is 7.11 Å². The smallest absolute Gasteiger partial charge is 0.227 e. The van der Waals surface area contributed by atoms with Crippen LogP contribution in [0.5, 0.6) is 0 Å². The van der Waals surface area contributed by atoms with E-state index in [1.807, 2.05) is 0 Å². The Labute approximate surface area is 122 Å². The van der Waals surface area contributed by atoms with Crippen molar-refractivity contribution >= 4 is 27.7 Å². The molecule has 0 bridgehead atoms. The van der Waals surface area contributed by atoms with E-state index < -0.39 is 0 Å². The maximum absolute atomic E-state index is 5.22. The van der Waals surface area contributed by atoms with E-state index in [2.05, 4.69) is 43.0 Å². The van der Waals surface area contributed by atoms with Crippen molar-refractivity contribution in [3.05, 3.63) is 10.2 Å². The molecule has 2 rings (SSSR count). The molecule has 6 heteroatoms. The van der Waals surface area contributed by atoms with Gasteiger partial charge in [0.05, 0.1) is 16.8 Å². The summed E-state index contributed by atoms with van der Waals surface area (Å²) < 4.78 is 6.13. The molecule has 0 radical (unpaired) electrons. The highest BCUT2D eigenvalue weighted by molar-refractivity contribution is 9.10. The average molecular weight is 329 g/mol. The molecule has 2 heterocycles. The van der Waals surface area contributed by atoms with E-state index in [1.165, 1.54) is 12.8 Å². The molecule has 1 aromatic heterocycles. The first-order valence-electron chi connectivity index (χ1n) is 6.80. The van der Waals surface area contributed by atoms with E-state index >= 15 is 0 Å². The molecule has 1 saturated heterocycles. The Hall–Kier alpha value is -0.880. The minimum Gasteiger partial charge on any atom is -0.378 e. The van der Waals surface area contributed by atoms with Crippen LogP contribution < -0.4 is 10.2 Å². The van der Waals surface area contributed by atoms with Crippen LogP contribution in [0.3, 0.4) is 0 Å². The van der Waals surface area contributed by atoms with Crippen LogP contribution in [0.1, 0.15) is 31.9 Å². The molecule has 1 aliphatic heterocycles. The second-order valence-electron chi connectivity index (χ2n) is 4.69. The zero-order valence-corrected chi connectivity index (χ0v) is 13.2. The van der Waals surface area contributed by atoms with Crippen LogP contribution >= 0.6 is 15.9 Å². The normalized spacial score (nSPS) is 15.0. The lowest BCUT2D eigenvalue weighted by Crippen LogP contribution is -2.22. The summed E-state index contributed by atoms with van der Waals surface area (Å²) in [4.78, 5) is 11.5. The highest BCUT2D eigenvalue weighted by Crippen LogP contribution is 2.28. The molecule has 1 aliphatic rings. The Kier molecular flexibility index (Phi) is 5.39. The first kappa shape index (κ1) is 14.5. The summed E-state index contributed by atoms with van der Waals surface area (Å²) in [5.74, 6) is 1.68. The lowest BCUT2D eigenvalue weighted by Gasteiger charge is -2.18. The first-order chi connectivity index (χ1) is 9.26. The molecule has 0 amide bonds. The Morgan fingerprint density at radius 2 is 2.05 bits per heavy atom. The van der Waals surface area contributed by atoms with Crippen LogP contribution in [0.15, 0.2) is 4.47 Å². The Morgan fingerprint density at radius 1 is 1.32 bits per heavy atom. The predicted octanol–water partition coefficient (Wildman–Crippen LogP) is 2.81. The number of hydrogen-bond donors (Lipinski definition) is 1. The van der Waals surface area contributed by atoms with Crippen LogP contribution in [0, 0.1) is 0 Å². The zero-order chi connectivity index (χ0) is 13.7. The molecule has 0 aliphatic carbocycles. The number of rotatable bonds is 6. The van der Waals surface area contributed by atoms with Crippen molar-refractivity contribution in [1.29, 1.82) is 0 Å². The summed E-state index contributed by atoms with van der Waals surface area (Å²) >= 11 is 3.57. The monoisotopic (exact) mass is 328 g/mol. The molecule has 1 N–H and O–H groups in total. The van der Waals surface area contributed by atoms with Crippen molar-refractivity contribution in [3.63, 3.8) is 0 Å². The van der Waals surface area contributed by atoms with Gasteiger partial charge in [0.2, 0.25) is 5.95 Å². The quantitative estimate of drug-likeness (QED) is 0.870. The molecular weight excluding hydrogens is 308 g/mol. The van der Waals surface area contributed by atoms with E-state index in [0.717, 1.165) is 48.0 Å². The summed E-state index contributed by atoms with van der Waals surface area (Å²) in [6.45, 7) is 5.62. The second-order valence-corrected chi connectivity index (χ2v) is 5.48. The van der Waals surface area contributed by atoms with E-state index in [4.69, 9.17) is 4.74 Å². The van der Waals surface area contributed by atoms with Gasteiger partial charge < -0.3 is 15.0 Å². The lowest BCUT2D eigenvalue weighted by atomic mass is 10.4. The Balaban J connectivity index is 2.29. The van der Waals surface area contributed by atoms with Crippen molar-refractivity contribution in [2.75, 3.05) is 37.0 Å². The maximum Gasteiger partial charge on any atom is 0.227 e. The summed E-state index contributed by atoms with van der Waals surface area (Å²) in [7, 11) is 1.68. The fraction of sp³-hybridized carbons (Fsp3) is 0.692. The van der Waals surface area contributed by atoms with E-state index in [-0.39, 0.29) is 0 Å². The van der Waals surface area contributed by atoms with Crippen molar-refractivity contribution < 1.29 is 4.74 Å². The molecule has 0 unspecified atom stereocenters. The molecule has 5 nitrogen and oxygen atoms in total. The van der Waals surface area contributed by atoms with Gasteiger partial charge in [-0.25, -0.2) is 4.98 Å². The van der Waals surface area contributed by atoms with Crippen molar-refractivity contribution in [2.24, 2.45) is 0 Å². The maximum atomic E-state index is 5.22. The van der Waals surface area contributed by atoms with Crippen molar-refractivity contribution in [3.8, 4) is 0 Å². The van der Waals surface area contributed by atoms with Crippen LogP contribution in [0.4, 0.5) is 11.8 Å². The number of anilines is 2. The molecule has 0 saturated carbocycles. The number of halogens is 1. The van der Waals surface area contributed by atoms with Gasteiger partial charge in [0.1, 0.15) is 5.82 Å². The topological polar surface area (TPSA) is 50.3 Å². The number of hydrogen-bond acceptors (Lipinski definition) is 5. The highest BCUT2D eigenvalue weighted by Gasteiger charge is 2.19. The van der Waals surface area contributed by atoms with Gasteiger partial charge in [-0.15, -0.1) is 0 Å². The van der Waals surface area contributed by atoms with Gasteiger partial charge in [0, 0.05) is 26.7 Å². The summed E-state index contributed by atoms with van der Waals surface area (Å²) in [5.41, 5.74) is 0.901. The molecule has 106 valence electrons. The SMILES string of the molecule is CCCNc1nc(N2CCCC2)nc(COC)c1Br. The third-order valence-electron chi connectivity index (χ3n) is 3.12. The van der Waals surface area contributed by atoms with Crippen LogP contribution in [-0.2, 0) is 11.3 Å². The largest absolute Gasteiger partial charge is 0.378 e. The van der Waals surface area contributed by atoms with Crippen LogP contribution in [0.2, 0.25) is 0 Å². The molecule has 1 fully saturated rings. The number of nitrogens with one attached hydrogen (secondary N) is 1. The Bertz CT molecular complexity index is 421. The van der Waals surface area contributed by atoms with E-state index in [9.17, 15) is 0 Å². The number of aromatic nitrogens is 2. The number of nitrogens with zero attached hydrogens (tertiary/aromatic N) is 3. The van der Waals surface area contributed by atoms with Gasteiger partial charge in [0.25, 0.3) is 0 Å². The molecular formula is C13H21BrN4O. The van der Waals surface area contributed by atoms with Crippen molar-refractivity contribution in [1.82, 2.24) is 9.97 Å². The minimum absolute atomic E-state index is 0.491. The van der Waals surface area contributed by atoms with E-state index in [0.29, 0.717) is 6.61 Å². The third-order valence-corrected chi connectivity index (χ3v) is 3.95. The summed E-state index contributed by atoms with van der Waals surface area (Å²) in [6, 6.07) is 0. The standard InChI is InChI=1S/C13H21BrN4O/c1-3-6-15-12-11(14)10(9-19-2)16-13(17-12)18-7-4-5-8-18/h3-9H2,1-2H3,(H,15,16,17). The van der Waals surface area contributed by atoms with Crippen molar-refractivity contribution in [2.45, 2.75) is 32.8 Å². The zero-order valence-electron chi connectivity index (χ0n) is 11.6. The molecule has 0 aromatic carbocycles. The predicted molar refractivity (Wildman–Crippen MR) is 80.7 cm³/mol. The molecule has 0 atom stereocenters. The average Bonchev–Trinajstić information content (AvgIpc) is 2.94. The Morgan fingerprint density at radius 3 is 2.68 bits per heavy atom. The fourth-order valence-electron chi connectivity index (χ4n) is 2.13. The van der Waals surface area contributed by atoms with Gasteiger partial charge in [-0.3, -0.25) is 0 Å². The third kappa shape index (κ3) is 3.57. The van der Waals surface area contributed by atoms with Gasteiger partial charge >= 0.3 is 0 Å². The van der Waals surface area contributed by atoms with Gasteiger partial charge in [-0.05, 0) is 35.2 Å². The molecule has 0 spiro atoms. The highest BCUT2D eigenvalue weighted by atomic mass is 79.9. The van der Waals surface area contributed by atoms with Gasteiger partial charge in [-0.2, -0.15) is 4.98 Å². The minimum atomic E-state index is 0.491. The molecule has 1 aromatic rings. The lowest BCUT2D eigenvalue weighted by molar-refractivity contribution is 0.181. The number of methoxy groups -OCH3 is 1. The van der Waals surface area contributed by atoms with Crippen LogP contribution in [0.25, 0.3) is 0 Å². The van der Waals surface area contributed by atoms with Gasteiger partial charge in [-0.1, -0.05) is 6.92 Å².